The third kappa shape index (κ3) is 0.741. The average Bonchev–Trinajstić information content (AvgIpc) is 2.34. The number of hydrogen-bond acceptors (Lipinski definition) is 1. The van der Waals surface area contributed by atoms with Crippen molar-refractivity contribution in [1.29, 1.82) is 0 Å². The third-order valence-corrected chi connectivity index (χ3v) is 3.38. The van der Waals surface area contributed by atoms with Crippen molar-refractivity contribution in [2.75, 3.05) is 0 Å². The predicted molar refractivity (Wildman–Crippen MR) is 44.1 cm³/mol. The molecule has 3 unspecified atom stereocenters. The van der Waals surface area contributed by atoms with Crippen LogP contribution in [0.4, 0.5) is 0 Å². The van der Waals surface area contributed by atoms with E-state index in [0.29, 0.717) is 23.0 Å². The van der Waals surface area contributed by atoms with Crippen molar-refractivity contribution in [3.63, 3.8) is 0 Å². The molecule has 0 radical (unpaired) electrons. The van der Waals surface area contributed by atoms with Gasteiger partial charge in [-0.2, -0.15) is 0 Å². The number of fused-ring (bicyclic) bond motifs is 1. The maximum atomic E-state index is 11.1. The van der Waals surface area contributed by atoms with Crippen LogP contribution in [0.3, 0.4) is 0 Å². The summed E-state index contributed by atoms with van der Waals surface area (Å²) in [6, 6.07) is 0. The van der Waals surface area contributed by atoms with Gasteiger partial charge in [-0.1, -0.05) is 26.0 Å². The fourth-order valence-corrected chi connectivity index (χ4v) is 2.52. The molecule has 0 bridgehead atoms. The molecular formula is C10H14O. The smallest absolute Gasteiger partial charge is 0.136 e. The van der Waals surface area contributed by atoms with Crippen molar-refractivity contribution in [2.45, 2.75) is 20.8 Å². The number of ketones is 1. The van der Waals surface area contributed by atoms with Gasteiger partial charge in [-0.15, -0.1) is 0 Å². The molecule has 0 amide bonds. The van der Waals surface area contributed by atoms with Crippen LogP contribution >= 0.6 is 0 Å². The summed E-state index contributed by atoms with van der Waals surface area (Å²) in [5.41, 5.74) is 0.408. The van der Waals surface area contributed by atoms with Crippen molar-refractivity contribution >= 4 is 5.78 Å². The summed E-state index contributed by atoms with van der Waals surface area (Å²) >= 11 is 0. The highest BCUT2D eigenvalue weighted by Crippen LogP contribution is 2.66. The molecule has 1 heteroatoms. The Morgan fingerprint density at radius 1 is 1.36 bits per heavy atom. The van der Waals surface area contributed by atoms with Gasteiger partial charge in [0.2, 0.25) is 0 Å². The van der Waals surface area contributed by atoms with Crippen LogP contribution in [0.1, 0.15) is 20.8 Å². The fraction of sp³-hybridized carbons (Fsp3) is 0.700. The Bertz CT molecular complexity index is 237. The molecule has 0 aromatic rings. The predicted octanol–water partition coefficient (Wildman–Crippen LogP) is 2.03. The van der Waals surface area contributed by atoms with Crippen LogP contribution in [-0.2, 0) is 4.79 Å². The molecule has 0 aliphatic heterocycles. The van der Waals surface area contributed by atoms with E-state index in [1.807, 2.05) is 0 Å². The van der Waals surface area contributed by atoms with Crippen molar-refractivity contribution in [3.05, 3.63) is 12.2 Å². The molecule has 0 N–H and O–H groups in total. The number of rotatable bonds is 1. The molecule has 11 heavy (non-hydrogen) atoms. The van der Waals surface area contributed by atoms with Gasteiger partial charge in [0.05, 0.1) is 0 Å². The van der Waals surface area contributed by atoms with Crippen molar-refractivity contribution in [1.82, 2.24) is 0 Å². The number of allylic oxidation sites excluding steroid dienone is 2. The van der Waals surface area contributed by atoms with Gasteiger partial charge < -0.3 is 0 Å². The molecule has 1 saturated carbocycles. The molecule has 2 aliphatic rings. The van der Waals surface area contributed by atoms with Crippen molar-refractivity contribution < 1.29 is 4.79 Å². The van der Waals surface area contributed by atoms with Gasteiger partial charge >= 0.3 is 0 Å². The maximum Gasteiger partial charge on any atom is 0.136 e. The minimum absolute atomic E-state index is 0.231. The van der Waals surface area contributed by atoms with Gasteiger partial charge in [0, 0.05) is 5.92 Å². The largest absolute Gasteiger partial charge is 0.299 e. The van der Waals surface area contributed by atoms with Crippen LogP contribution < -0.4 is 0 Å². The van der Waals surface area contributed by atoms with E-state index >= 15 is 0 Å². The second-order valence-electron chi connectivity index (χ2n) is 4.39. The van der Waals surface area contributed by atoms with Gasteiger partial charge in [0.1, 0.15) is 5.78 Å². The molecule has 2 aliphatic carbocycles. The quantitative estimate of drug-likeness (QED) is 0.523. The Morgan fingerprint density at radius 2 is 2.00 bits per heavy atom. The first kappa shape index (κ1) is 7.08. The standard InChI is InChI=1S/C10H14O/c1-6(11)7-4-5-8-9(7)10(8,2)3/h4-5,7-9H,1-3H3. The summed E-state index contributed by atoms with van der Waals surface area (Å²) in [6.45, 7) is 6.20. The molecule has 0 aromatic heterocycles. The van der Waals surface area contributed by atoms with Crippen LogP contribution in [0, 0.1) is 23.2 Å². The first-order valence-corrected chi connectivity index (χ1v) is 4.24. The first-order chi connectivity index (χ1) is 5.05. The zero-order valence-electron chi connectivity index (χ0n) is 7.29. The third-order valence-electron chi connectivity index (χ3n) is 3.38. The van der Waals surface area contributed by atoms with Crippen molar-refractivity contribution in [2.24, 2.45) is 23.2 Å². The topological polar surface area (TPSA) is 17.1 Å². The molecule has 0 aromatic carbocycles. The molecule has 2 rings (SSSR count). The lowest BCUT2D eigenvalue weighted by Gasteiger charge is -2.09. The fourth-order valence-electron chi connectivity index (χ4n) is 2.52. The molecule has 3 atom stereocenters. The van der Waals surface area contributed by atoms with Gasteiger partial charge in [-0.25, -0.2) is 0 Å². The monoisotopic (exact) mass is 150 g/mol. The summed E-state index contributed by atoms with van der Waals surface area (Å²) in [5, 5.41) is 0. The normalized spacial score (nSPS) is 43.7. The highest BCUT2D eigenvalue weighted by molar-refractivity contribution is 5.82. The van der Waals surface area contributed by atoms with Crippen LogP contribution in [0.2, 0.25) is 0 Å². The Balaban J connectivity index is 2.21. The lowest BCUT2D eigenvalue weighted by atomic mass is 9.94. The van der Waals surface area contributed by atoms with Crippen LogP contribution in [0.5, 0.6) is 0 Å². The highest BCUT2D eigenvalue weighted by atomic mass is 16.1. The number of carbonyl (C=O) groups is 1. The number of Topliss-reactive ketones (excluding diaryl/α,β-unsaturated/α-hetero) is 1. The minimum atomic E-state index is 0.231. The summed E-state index contributed by atoms with van der Waals surface area (Å²) in [4.78, 5) is 11.1. The molecule has 0 heterocycles. The number of carbonyl (C=O) groups excluding carboxylic acids is 1. The van der Waals surface area contributed by atoms with Crippen LogP contribution in [0.25, 0.3) is 0 Å². The molecular weight excluding hydrogens is 136 g/mol. The van der Waals surface area contributed by atoms with E-state index in [4.69, 9.17) is 0 Å². The van der Waals surface area contributed by atoms with E-state index in [0.717, 1.165) is 0 Å². The Morgan fingerprint density at radius 3 is 2.27 bits per heavy atom. The average molecular weight is 150 g/mol. The maximum absolute atomic E-state index is 11.1. The molecule has 60 valence electrons. The Hall–Kier alpha value is -0.590. The molecule has 0 spiro atoms. The summed E-state index contributed by atoms with van der Waals surface area (Å²) in [6.07, 6.45) is 4.31. The summed E-state index contributed by atoms with van der Waals surface area (Å²) in [5.74, 6) is 1.88. The zero-order valence-corrected chi connectivity index (χ0v) is 7.29. The van der Waals surface area contributed by atoms with Gasteiger partial charge in [-0.3, -0.25) is 4.79 Å². The van der Waals surface area contributed by atoms with E-state index < -0.39 is 0 Å². The highest BCUT2D eigenvalue weighted by Gasteiger charge is 2.62. The molecule has 1 fully saturated rings. The lowest BCUT2D eigenvalue weighted by Crippen LogP contribution is -2.12. The minimum Gasteiger partial charge on any atom is -0.299 e. The van der Waals surface area contributed by atoms with Crippen molar-refractivity contribution in [3.8, 4) is 0 Å². The Kier molecular flexibility index (Phi) is 1.14. The SMILES string of the molecule is CC(=O)C1C=CC2C1C2(C)C. The lowest BCUT2D eigenvalue weighted by molar-refractivity contribution is -0.120. The first-order valence-electron chi connectivity index (χ1n) is 4.24. The van der Waals surface area contributed by atoms with Gasteiger partial charge in [-0.05, 0) is 24.2 Å². The summed E-state index contributed by atoms with van der Waals surface area (Å²) < 4.78 is 0. The summed E-state index contributed by atoms with van der Waals surface area (Å²) in [7, 11) is 0. The van der Waals surface area contributed by atoms with Gasteiger partial charge in [0.25, 0.3) is 0 Å². The van der Waals surface area contributed by atoms with E-state index in [1.165, 1.54) is 0 Å². The van der Waals surface area contributed by atoms with E-state index in [1.54, 1.807) is 6.92 Å². The van der Waals surface area contributed by atoms with Crippen LogP contribution in [-0.4, -0.2) is 5.78 Å². The Labute approximate surface area is 67.5 Å². The second kappa shape index (κ2) is 1.77. The van der Waals surface area contributed by atoms with E-state index in [-0.39, 0.29) is 5.92 Å². The molecule has 1 nitrogen and oxygen atoms in total. The van der Waals surface area contributed by atoms with Gasteiger partial charge in [0.15, 0.2) is 0 Å². The number of hydrogen-bond donors (Lipinski definition) is 0. The van der Waals surface area contributed by atoms with E-state index in [9.17, 15) is 4.79 Å². The van der Waals surface area contributed by atoms with Crippen LogP contribution in [0.15, 0.2) is 12.2 Å². The zero-order chi connectivity index (χ0) is 8.22. The van der Waals surface area contributed by atoms with E-state index in [2.05, 4.69) is 26.0 Å². The second-order valence-corrected chi connectivity index (χ2v) is 4.39. The molecule has 0 saturated heterocycles.